The van der Waals surface area contributed by atoms with E-state index in [4.69, 9.17) is 0 Å². The van der Waals surface area contributed by atoms with Crippen LogP contribution in [0.5, 0.6) is 5.75 Å². The van der Waals surface area contributed by atoms with Gasteiger partial charge in [0.15, 0.2) is 5.78 Å². The highest BCUT2D eigenvalue weighted by Gasteiger charge is 2.41. The van der Waals surface area contributed by atoms with Crippen molar-refractivity contribution in [3.05, 3.63) is 65.5 Å². The molecule has 2 aromatic rings. The lowest BCUT2D eigenvalue weighted by Crippen LogP contribution is -2.35. The van der Waals surface area contributed by atoms with Gasteiger partial charge in [0.1, 0.15) is 5.75 Å². The third-order valence-electron chi connectivity index (χ3n) is 6.43. The zero-order valence-electron chi connectivity index (χ0n) is 17.1. The molecular formula is C24H21Br3O3. The number of carbonyl (C=O) groups excluding carboxylic acids is 2. The lowest BCUT2D eigenvalue weighted by Gasteiger charge is -2.42. The topological polar surface area (TPSA) is 54.4 Å². The molecule has 30 heavy (non-hydrogen) atoms. The Labute approximate surface area is 201 Å². The summed E-state index contributed by atoms with van der Waals surface area (Å²) in [7, 11) is 0. The van der Waals surface area contributed by atoms with Crippen molar-refractivity contribution >= 4 is 64.9 Å². The molecule has 3 nitrogen and oxygen atoms in total. The quantitative estimate of drug-likeness (QED) is 0.372. The van der Waals surface area contributed by atoms with Crippen LogP contribution in [0.2, 0.25) is 0 Å². The molecule has 2 aliphatic rings. The standard InChI is InChI=1S/C24H21Br3O3/c1-23(2)5-6-24(3,4)15-10-13-12(9-14(15)23)20(28)18(19(27)21(13)29)11-7-16(25)22(30)17(26)8-11/h7-10,30H,5-6H2,1-4H3. The minimum Gasteiger partial charge on any atom is -0.506 e. The van der Waals surface area contributed by atoms with E-state index in [-0.39, 0.29) is 32.6 Å². The number of hydrogen-bond acceptors (Lipinski definition) is 3. The number of aromatic hydroxyl groups is 1. The van der Waals surface area contributed by atoms with Gasteiger partial charge in [-0.1, -0.05) is 27.7 Å². The Bertz CT molecular complexity index is 1150. The van der Waals surface area contributed by atoms with Crippen LogP contribution in [-0.2, 0) is 10.8 Å². The first-order chi connectivity index (χ1) is 13.8. The van der Waals surface area contributed by atoms with Crippen molar-refractivity contribution in [1.82, 2.24) is 0 Å². The summed E-state index contributed by atoms with van der Waals surface area (Å²) in [5.41, 5.74) is 3.95. The Balaban J connectivity index is 1.96. The number of hydrogen-bond donors (Lipinski definition) is 1. The lowest BCUT2D eigenvalue weighted by atomic mass is 9.62. The molecule has 2 aliphatic carbocycles. The SMILES string of the molecule is CC1(C)CCC(C)(C)c2cc3c(cc21)C(=O)C(Br)=C(c1cc(Br)c(O)c(Br)c1)C3=O. The average molecular weight is 597 g/mol. The van der Waals surface area contributed by atoms with Gasteiger partial charge >= 0.3 is 0 Å². The summed E-state index contributed by atoms with van der Waals surface area (Å²) in [5.74, 6) is -0.339. The molecule has 1 N–H and O–H groups in total. The summed E-state index contributed by atoms with van der Waals surface area (Å²) in [6, 6.07) is 7.18. The first-order valence-corrected chi connectivity index (χ1v) is 12.1. The Kier molecular flexibility index (Phi) is 5.23. The van der Waals surface area contributed by atoms with E-state index in [9.17, 15) is 14.7 Å². The van der Waals surface area contributed by atoms with E-state index >= 15 is 0 Å². The predicted molar refractivity (Wildman–Crippen MR) is 130 cm³/mol. The molecule has 0 saturated carbocycles. The van der Waals surface area contributed by atoms with Gasteiger partial charge in [-0.3, -0.25) is 9.59 Å². The van der Waals surface area contributed by atoms with Crippen LogP contribution < -0.4 is 0 Å². The molecular weight excluding hydrogens is 576 g/mol. The second kappa shape index (κ2) is 7.14. The van der Waals surface area contributed by atoms with Crippen molar-refractivity contribution in [3.63, 3.8) is 0 Å². The summed E-state index contributed by atoms with van der Waals surface area (Å²) in [6.45, 7) is 8.79. The lowest BCUT2D eigenvalue weighted by molar-refractivity contribution is 0.0998. The molecule has 0 fully saturated rings. The molecule has 0 amide bonds. The van der Waals surface area contributed by atoms with Crippen LogP contribution in [0.3, 0.4) is 0 Å². The number of ketones is 2. The molecule has 156 valence electrons. The molecule has 0 heterocycles. The number of allylic oxidation sites excluding steroid dienone is 2. The van der Waals surface area contributed by atoms with E-state index in [0.29, 0.717) is 31.2 Å². The fourth-order valence-electron chi connectivity index (χ4n) is 4.42. The van der Waals surface area contributed by atoms with Crippen molar-refractivity contribution in [2.24, 2.45) is 0 Å². The average Bonchev–Trinajstić information content (AvgIpc) is 2.67. The van der Waals surface area contributed by atoms with Crippen molar-refractivity contribution in [2.75, 3.05) is 0 Å². The van der Waals surface area contributed by atoms with Gasteiger partial charge in [0, 0.05) is 16.7 Å². The van der Waals surface area contributed by atoms with Gasteiger partial charge < -0.3 is 5.11 Å². The van der Waals surface area contributed by atoms with Crippen LogP contribution >= 0.6 is 47.8 Å². The van der Waals surface area contributed by atoms with Gasteiger partial charge in [-0.15, -0.1) is 0 Å². The molecule has 0 bridgehead atoms. The summed E-state index contributed by atoms with van der Waals surface area (Å²) in [4.78, 5) is 26.9. The number of benzene rings is 2. The van der Waals surface area contributed by atoms with Gasteiger partial charge in [0.25, 0.3) is 0 Å². The minimum atomic E-state index is -0.193. The highest BCUT2D eigenvalue weighted by atomic mass is 79.9. The zero-order chi connectivity index (χ0) is 22.2. The number of Topliss-reactive ketones (excluding diaryl/α,β-unsaturated/α-hetero) is 2. The molecule has 0 atom stereocenters. The normalized spacial score (nSPS) is 19.6. The molecule has 4 rings (SSSR count). The molecule has 0 aliphatic heterocycles. The summed E-state index contributed by atoms with van der Waals surface area (Å²) < 4.78 is 1.13. The second-order valence-corrected chi connectivity index (χ2v) is 11.8. The van der Waals surface area contributed by atoms with Crippen LogP contribution in [0, 0.1) is 0 Å². The number of phenols is 1. The van der Waals surface area contributed by atoms with Crippen molar-refractivity contribution < 1.29 is 14.7 Å². The summed E-state index contributed by atoms with van der Waals surface area (Å²) >= 11 is 10.0. The van der Waals surface area contributed by atoms with Crippen LogP contribution in [0.1, 0.15) is 77.9 Å². The molecule has 0 aromatic heterocycles. The summed E-state index contributed by atoms with van der Waals surface area (Å²) in [6.07, 6.45) is 2.06. The fourth-order valence-corrected chi connectivity index (χ4v) is 6.23. The Morgan fingerprint density at radius 1 is 0.767 bits per heavy atom. The van der Waals surface area contributed by atoms with Gasteiger partial charge in [-0.05, 0) is 112 Å². The second-order valence-electron chi connectivity index (χ2n) is 9.35. The Morgan fingerprint density at radius 3 is 1.67 bits per heavy atom. The van der Waals surface area contributed by atoms with E-state index < -0.39 is 0 Å². The first-order valence-electron chi connectivity index (χ1n) is 9.72. The number of fused-ring (bicyclic) bond motifs is 2. The van der Waals surface area contributed by atoms with E-state index in [1.807, 2.05) is 12.1 Å². The van der Waals surface area contributed by atoms with Gasteiger partial charge in [-0.2, -0.15) is 0 Å². The summed E-state index contributed by atoms with van der Waals surface area (Å²) in [5, 5.41) is 10.0. The molecule has 0 radical (unpaired) electrons. The Morgan fingerprint density at radius 2 is 1.20 bits per heavy atom. The van der Waals surface area contributed by atoms with E-state index in [1.54, 1.807) is 12.1 Å². The first kappa shape index (κ1) is 22.0. The maximum atomic E-state index is 13.6. The highest BCUT2D eigenvalue weighted by Crippen LogP contribution is 2.48. The largest absolute Gasteiger partial charge is 0.506 e. The van der Waals surface area contributed by atoms with Crippen LogP contribution in [0.15, 0.2) is 37.7 Å². The van der Waals surface area contributed by atoms with Gasteiger partial charge in [0.05, 0.1) is 13.4 Å². The van der Waals surface area contributed by atoms with E-state index in [0.717, 1.165) is 24.0 Å². The maximum absolute atomic E-state index is 13.6. The number of carbonyl (C=O) groups is 2. The molecule has 0 saturated heterocycles. The smallest absolute Gasteiger partial charge is 0.201 e. The van der Waals surface area contributed by atoms with Crippen molar-refractivity contribution in [2.45, 2.75) is 51.4 Å². The van der Waals surface area contributed by atoms with Crippen LogP contribution in [0.25, 0.3) is 5.57 Å². The van der Waals surface area contributed by atoms with E-state index in [2.05, 4.69) is 75.5 Å². The molecule has 0 unspecified atom stereocenters. The monoisotopic (exact) mass is 594 g/mol. The van der Waals surface area contributed by atoms with Crippen LogP contribution in [-0.4, -0.2) is 16.7 Å². The minimum absolute atomic E-state index is 0.0449. The van der Waals surface area contributed by atoms with Crippen LogP contribution in [0.4, 0.5) is 0 Å². The third kappa shape index (κ3) is 3.26. The Hall–Kier alpha value is -1.24. The molecule has 0 spiro atoms. The highest BCUT2D eigenvalue weighted by molar-refractivity contribution is 9.12. The number of phenolic OH excluding ortho intramolecular Hbond substituents is 1. The molecule has 2 aromatic carbocycles. The zero-order valence-corrected chi connectivity index (χ0v) is 21.9. The van der Waals surface area contributed by atoms with Crippen molar-refractivity contribution in [3.8, 4) is 5.75 Å². The van der Waals surface area contributed by atoms with E-state index in [1.165, 1.54) is 0 Å². The van der Waals surface area contributed by atoms with Crippen molar-refractivity contribution in [1.29, 1.82) is 0 Å². The fraction of sp³-hybridized carbons (Fsp3) is 0.333. The molecule has 6 heteroatoms. The third-order valence-corrected chi connectivity index (χ3v) is 8.40. The predicted octanol–water partition coefficient (Wildman–Crippen LogP) is 7.45. The number of halogens is 3. The van der Waals surface area contributed by atoms with Gasteiger partial charge in [0.2, 0.25) is 5.78 Å². The number of rotatable bonds is 1. The maximum Gasteiger partial charge on any atom is 0.201 e. The van der Waals surface area contributed by atoms with Gasteiger partial charge in [-0.25, -0.2) is 0 Å².